The molecule has 0 amide bonds. The van der Waals surface area contributed by atoms with Crippen molar-refractivity contribution in [3.63, 3.8) is 0 Å². The monoisotopic (exact) mass is 299 g/mol. The Morgan fingerprint density at radius 3 is 2.39 bits per heavy atom. The number of benzene rings is 1. The Morgan fingerprint density at radius 2 is 1.89 bits per heavy atom. The van der Waals surface area contributed by atoms with Crippen LogP contribution in [0.15, 0.2) is 29.2 Å². The molecule has 1 saturated heterocycles. The van der Waals surface area contributed by atoms with Crippen molar-refractivity contribution < 1.29 is 17.9 Å². The van der Waals surface area contributed by atoms with Gasteiger partial charge in [0.1, 0.15) is 0 Å². The molecule has 1 N–H and O–H groups in total. The minimum Gasteiger partial charge on any atom is -0.378 e. The van der Waals surface area contributed by atoms with Gasteiger partial charge in [0.25, 0.3) is 0 Å². The molecule has 2 nitrogen and oxygen atoms in total. The Bertz CT molecular complexity index is 366. The molecule has 102 valence electrons. The summed E-state index contributed by atoms with van der Waals surface area (Å²) >= 11 is -0.0956. The molecule has 0 radical (unpaired) electrons. The fraction of sp³-hybridized carbons (Fsp3) is 0.455. The maximum Gasteiger partial charge on any atom is 0.446 e. The molecule has 0 aromatic heterocycles. The van der Waals surface area contributed by atoms with Gasteiger partial charge in [0.2, 0.25) is 0 Å². The molecule has 1 atom stereocenters. The van der Waals surface area contributed by atoms with E-state index < -0.39 is 5.51 Å². The lowest BCUT2D eigenvalue weighted by atomic mass is 10.1. The van der Waals surface area contributed by atoms with Gasteiger partial charge in [0.15, 0.2) is 0 Å². The SMILES string of the molecule is Cl.FC(F)(F)Sc1ccc([C@@H]2COCCN2)cc1. The summed E-state index contributed by atoms with van der Waals surface area (Å²) in [6.45, 7) is 2.01. The molecular weight excluding hydrogens is 287 g/mol. The number of thioether (sulfide) groups is 1. The lowest BCUT2D eigenvalue weighted by molar-refractivity contribution is -0.0328. The number of nitrogens with one attached hydrogen (secondary N) is 1. The zero-order valence-corrected chi connectivity index (χ0v) is 11.0. The van der Waals surface area contributed by atoms with E-state index in [4.69, 9.17) is 4.74 Å². The maximum absolute atomic E-state index is 12.1. The van der Waals surface area contributed by atoms with Crippen LogP contribution in [0.2, 0.25) is 0 Å². The third-order valence-corrected chi connectivity index (χ3v) is 3.18. The van der Waals surface area contributed by atoms with Crippen molar-refractivity contribution in [3.05, 3.63) is 29.8 Å². The lowest BCUT2D eigenvalue weighted by Crippen LogP contribution is -2.34. The third-order valence-electron chi connectivity index (χ3n) is 2.44. The molecule has 0 bridgehead atoms. The summed E-state index contributed by atoms with van der Waals surface area (Å²) in [4.78, 5) is 0.206. The van der Waals surface area contributed by atoms with Gasteiger partial charge in [-0.25, -0.2) is 0 Å². The van der Waals surface area contributed by atoms with Crippen LogP contribution in [0.5, 0.6) is 0 Å². The van der Waals surface area contributed by atoms with E-state index in [1.165, 1.54) is 12.1 Å². The average molecular weight is 300 g/mol. The zero-order valence-electron chi connectivity index (χ0n) is 9.37. The average Bonchev–Trinajstić information content (AvgIpc) is 2.29. The number of rotatable bonds is 2. The molecule has 7 heteroatoms. The van der Waals surface area contributed by atoms with Crippen molar-refractivity contribution in [2.75, 3.05) is 19.8 Å². The van der Waals surface area contributed by atoms with Crippen molar-refractivity contribution in [1.29, 1.82) is 0 Å². The highest BCUT2D eigenvalue weighted by Crippen LogP contribution is 2.37. The Labute approximate surface area is 114 Å². The van der Waals surface area contributed by atoms with Gasteiger partial charge < -0.3 is 10.1 Å². The van der Waals surface area contributed by atoms with Gasteiger partial charge in [-0.2, -0.15) is 13.2 Å². The van der Waals surface area contributed by atoms with Crippen LogP contribution in [0, 0.1) is 0 Å². The van der Waals surface area contributed by atoms with Crippen molar-refractivity contribution in [2.45, 2.75) is 16.4 Å². The molecule has 0 aliphatic carbocycles. The number of hydrogen-bond acceptors (Lipinski definition) is 3. The molecule has 2 rings (SSSR count). The molecule has 1 aromatic carbocycles. The standard InChI is InChI=1S/C11H12F3NOS.ClH/c12-11(13,14)17-9-3-1-8(2-4-9)10-7-16-6-5-15-10;/h1-4,10,15H,5-7H2;1H/t10-;/m0./s1. The van der Waals surface area contributed by atoms with Crippen LogP contribution < -0.4 is 5.32 Å². The van der Waals surface area contributed by atoms with Crippen LogP contribution in [0.25, 0.3) is 0 Å². The van der Waals surface area contributed by atoms with E-state index in [0.29, 0.717) is 13.2 Å². The Balaban J connectivity index is 0.00000162. The fourth-order valence-electron chi connectivity index (χ4n) is 1.68. The van der Waals surface area contributed by atoms with Crippen LogP contribution >= 0.6 is 24.2 Å². The van der Waals surface area contributed by atoms with Crippen molar-refractivity contribution in [2.24, 2.45) is 0 Å². The second kappa shape index (κ2) is 6.65. The van der Waals surface area contributed by atoms with Crippen LogP contribution in [-0.2, 0) is 4.74 Å². The van der Waals surface area contributed by atoms with E-state index in [2.05, 4.69) is 5.32 Å². The topological polar surface area (TPSA) is 21.3 Å². The summed E-state index contributed by atoms with van der Waals surface area (Å²) in [6.07, 6.45) is 0. The minimum absolute atomic E-state index is 0. The Morgan fingerprint density at radius 1 is 1.22 bits per heavy atom. The minimum atomic E-state index is -4.23. The first-order valence-electron chi connectivity index (χ1n) is 5.21. The molecule has 1 heterocycles. The van der Waals surface area contributed by atoms with Crippen LogP contribution in [0.3, 0.4) is 0 Å². The highest BCUT2D eigenvalue weighted by atomic mass is 35.5. The largest absolute Gasteiger partial charge is 0.446 e. The summed E-state index contributed by atoms with van der Waals surface area (Å²) in [6, 6.07) is 6.47. The second-order valence-corrected chi connectivity index (χ2v) is 4.84. The second-order valence-electron chi connectivity index (χ2n) is 3.70. The van der Waals surface area contributed by atoms with Crippen LogP contribution in [-0.4, -0.2) is 25.3 Å². The van der Waals surface area contributed by atoms with Crippen molar-refractivity contribution in [1.82, 2.24) is 5.32 Å². The summed E-state index contributed by atoms with van der Waals surface area (Å²) in [5, 5.41) is 3.25. The van der Waals surface area contributed by atoms with Crippen LogP contribution in [0.4, 0.5) is 13.2 Å². The highest BCUT2D eigenvalue weighted by Gasteiger charge is 2.29. The van der Waals surface area contributed by atoms with E-state index in [0.717, 1.165) is 12.1 Å². The summed E-state index contributed by atoms with van der Waals surface area (Å²) in [5.41, 5.74) is -3.27. The first-order valence-corrected chi connectivity index (χ1v) is 6.03. The first-order chi connectivity index (χ1) is 8.04. The third kappa shape index (κ3) is 4.68. The Hall–Kier alpha value is -0.430. The predicted octanol–water partition coefficient (Wildman–Crippen LogP) is 3.38. The Kier molecular flexibility index (Phi) is 5.78. The van der Waals surface area contributed by atoms with Gasteiger partial charge in [-0.1, -0.05) is 12.1 Å². The fourth-order valence-corrected chi connectivity index (χ4v) is 2.22. The number of alkyl halides is 3. The number of halogens is 4. The maximum atomic E-state index is 12.1. The van der Waals surface area contributed by atoms with E-state index >= 15 is 0 Å². The van der Waals surface area contributed by atoms with Gasteiger partial charge in [-0.3, -0.25) is 0 Å². The van der Waals surface area contributed by atoms with Gasteiger partial charge in [-0.05, 0) is 29.5 Å². The van der Waals surface area contributed by atoms with Crippen LogP contribution in [0.1, 0.15) is 11.6 Å². The van der Waals surface area contributed by atoms with Gasteiger partial charge in [0, 0.05) is 11.4 Å². The molecule has 1 aromatic rings. The van der Waals surface area contributed by atoms with Gasteiger partial charge in [0.05, 0.1) is 19.3 Å². The molecule has 1 aliphatic rings. The molecule has 1 aliphatic heterocycles. The predicted molar refractivity (Wildman–Crippen MR) is 67.2 cm³/mol. The quantitative estimate of drug-likeness (QED) is 0.846. The summed E-state index contributed by atoms with van der Waals surface area (Å²) in [5.74, 6) is 0. The molecule has 0 saturated carbocycles. The van der Waals surface area contributed by atoms with Crippen molar-refractivity contribution >= 4 is 24.2 Å². The number of morpholine rings is 1. The zero-order chi connectivity index (χ0) is 12.3. The van der Waals surface area contributed by atoms with Gasteiger partial charge >= 0.3 is 5.51 Å². The normalized spacial score (nSPS) is 20.3. The van der Waals surface area contributed by atoms with E-state index in [1.54, 1.807) is 12.1 Å². The van der Waals surface area contributed by atoms with Gasteiger partial charge in [-0.15, -0.1) is 12.4 Å². The summed E-state index contributed by atoms with van der Waals surface area (Å²) < 4.78 is 41.7. The lowest BCUT2D eigenvalue weighted by Gasteiger charge is -2.24. The molecule has 1 fully saturated rings. The summed E-state index contributed by atoms with van der Waals surface area (Å²) in [7, 11) is 0. The van der Waals surface area contributed by atoms with E-state index in [9.17, 15) is 13.2 Å². The van der Waals surface area contributed by atoms with E-state index in [1.807, 2.05) is 0 Å². The molecule has 18 heavy (non-hydrogen) atoms. The van der Waals surface area contributed by atoms with Crippen molar-refractivity contribution in [3.8, 4) is 0 Å². The number of ether oxygens (including phenoxy) is 1. The molecular formula is C11H13ClF3NOS. The highest BCUT2D eigenvalue weighted by molar-refractivity contribution is 8.00. The molecule has 0 unspecified atom stereocenters. The molecule has 0 spiro atoms. The number of hydrogen-bond donors (Lipinski definition) is 1. The van der Waals surface area contributed by atoms with E-state index in [-0.39, 0.29) is 35.1 Å². The smallest absolute Gasteiger partial charge is 0.378 e. The first kappa shape index (κ1) is 15.6.